The number of carbonyl (C=O) groups is 1. The van der Waals surface area contributed by atoms with E-state index in [1.165, 1.54) is 4.90 Å². The van der Waals surface area contributed by atoms with Crippen LogP contribution in [-0.2, 0) is 10.3 Å². The molecule has 2 heterocycles. The minimum absolute atomic E-state index is 0.0726. The van der Waals surface area contributed by atoms with Crippen LogP contribution in [0.3, 0.4) is 0 Å². The summed E-state index contributed by atoms with van der Waals surface area (Å²) in [6, 6.07) is 0. The number of alkyl halides is 3. The van der Waals surface area contributed by atoms with Crippen LogP contribution in [0, 0.1) is 12.8 Å². The van der Waals surface area contributed by atoms with Crippen LogP contribution in [0.5, 0.6) is 0 Å². The minimum atomic E-state index is -4.22. The Morgan fingerprint density at radius 1 is 1.40 bits per heavy atom. The van der Waals surface area contributed by atoms with E-state index in [2.05, 4.69) is 10.3 Å². The monoisotopic (exact) mass is 375 g/mol. The van der Waals surface area contributed by atoms with Gasteiger partial charge in [0.15, 0.2) is 0 Å². The lowest BCUT2D eigenvalue weighted by Crippen LogP contribution is -2.50. The van der Waals surface area contributed by atoms with Crippen LogP contribution in [0.1, 0.15) is 49.2 Å². The molecule has 1 saturated heterocycles. The Morgan fingerprint density at radius 3 is 2.72 bits per heavy atom. The molecule has 1 N–H and O–H groups in total. The largest absolute Gasteiger partial charge is 0.393 e. The third-order valence-corrected chi connectivity index (χ3v) is 6.46. The van der Waals surface area contributed by atoms with E-state index < -0.39 is 12.1 Å². The van der Waals surface area contributed by atoms with Gasteiger partial charge in [-0.25, -0.2) is 4.98 Å². The Labute approximate surface area is 149 Å². The number of rotatable bonds is 4. The molecule has 3 rings (SSSR count). The van der Waals surface area contributed by atoms with Gasteiger partial charge in [-0.15, -0.1) is 11.3 Å². The number of thiazole rings is 1. The van der Waals surface area contributed by atoms with E-state index in [0.717, 1.165) is 36.4 Å². The first-order chi connectivity index (χ1) is 11.8. The van der Waals surface area contributed by atoms with E-state index >= 15 is 0 Å². The van der Waals surface area contributed by atoms with Gasteiger partial charge in [0.1, 0.15) is 5.01 Å². The summed E-state index contributed by atoms with van der Waals surface area (Å²) in [6.45, 7) is 2.21. The molecule has 140 valence electrons. The number of halogens is 3. The number of nitrogens with zero attached hydrogens (tertiary/aromatic N) is 2. The summed E-state index contributed by atoms with van der Waals surface area (Å²) in [4.78, 5) is 18.4. The zero-order chi connectivity index (χ0) is 18.1. The summed E-state index contributed by atoms with van der Waals surface area (Å²) >= 11 is 1.59. The predicted octanol–water partition coefficient (Wildman–Crippen LogP) is 3.61. The number of amides is 1. The summed E-state index contributed by atoms with van der Waals surface area (Å²) in [5, 5.41) is 6.34. The smallest absolute Gasteiger partial charge is 0.341 e. The van der Waals surface area contributed by atoms with Gasteiger partial charge in [-0.05, 0) is 32.6 Å². The maximum Gasteiger partial charge on any atom is 0.393 e. The van der Waals surface area contributed by atoms with E-state index in [0.29, 0.717) is 13.0 Å². The Hall–Kier alpha value is -1.15. The molecule has 0 bridgehead atoms. The van der Waals surface area contributed by atoms with Gasteiger partial charge in [0.25, 0.3) is 0 Å². The molecule has 2 aliphatic rings. The zero-order valence-corrected chi connectivity index (χ0v) is 15.2. The van der Waals surface area contributed by atoms with Crippen LogP contribution >= 0.6 is 11.3 Å². The molecule has 1 aromatic rings. The molecular formula is C17H24F3N3OS. The second-order valence-electron chi connectivity index (χ2n) is 7.16. The van der Waals surface area contributed by atoms with E-state index in [1.807, 2.05) is 12.3 Å². The van der Waals surface area contributed by atoms with E-state index in [9.17, 15) is 18.0 Å². The average molecular weight is 375 g/mol. The summed E-state index contributed by atoms with van der Waals surface area (Å²) in [5.41, 5.74) is 0.664. The highest BCUT2D eigenvalue weighted by Gasteiger charge is 2.43. The fourth-order valence-corrected chi connectivity index (χ4v) is 4.88. The topological polar surface area (TPSA) is 45.2 Å². The lowest BCUT2D eigenvalue weighted by molar-refractivity contribution is -0.187. The zero-order valence-electron chi connectivity index (χ0n) is 14.4. The molecule has 2 fully saturated rings. The molecule has 0 aromatic carbocycles. The number of likely N-dealkylation sites (tertiary alicyclic amines) is 1. The summed E-state index contributed by atoms with van der Waals surface area (Å²) in [6.07, 6.45) is 0.267. The van der Waals surface area contributed by atoms with Crippen LogP contribution in [0.15, 0.2) is 5.38 Å². The molecule has 1 aliphatic heterocycles. The van der Waals surface area contributed by atoms with Gasteiger partial charge in [-0.1, -0.05) is 12.8 Å². The van der Waals surface area contributed by atoms with Gasteiger partial charge in [-0.2, -0.15) is 13.2 Å². The first-order valence-electron chi connectivity index (χ1n) is 8.82. The van der Waals surface area contributed by atoms with Crippen molar-refractivity contribution >= 4 is 17.2 Å². The first kappa shape index (κ1) is 18.6. The molecule has 25 heavy (non-hydrogen) atoms. The van der Waals surface area contributed by atoms with Crippen molar-refractivity contribution in [3.05, 3.63) is 16.1 Å². The SMILES string of the molecule is Cc1csc(C2(NCC(=O)N3CCCC(C(F)(F)F)C3)CCCC2)n1. The average Bonchev–Trinajstić information content (AvgIpc) is 3.22. The fourth-order valence-electron chi connectivity index (χ4n) is 3.85. The standard InChI is InChI=1S/C17H24F3N3OS/c1-12-11-25-15(22-12)16(6-2-3-7-16)21-9-14(24)23-8-4-5-13(10-23)17(18,19)20/h11,13,21H,2-10H2,1H3. The number of piperidine rings is 1. The normalized spacial score (nSPS) is 23.8. The number of hydrogen-bond donors (Lipinski definition) is 1. The van der Waals surface area contributed by atoms with Crippen molar-refractivity contribution in [1.29, 1.82) is 0 Å². The third-order valence-electron chi connectivity index (χ3n) is 5.30. The van der Waals surface area contributed by atoms with Gasteiger partial charge < -0.3 is 4.90 Å². The van der Waals surface area contributed by atoms with Gasteiger partial charge in [-0.3, -0.25) is 10.1 Å². The first-order valence-corrected chi connectivity index (χ1v) is 9.70. The lowest BCUT2D eigenvalue weighted by Gasteiger charge is -2.35. The van der Waals surface area contributed by atoms with Crippen LogP contribution < -0.4 is 5.32 Å². The second-order valence-corrected chi connectivity index (χ2v) is 8.02. The Morgan fingerprint density at radius 2 is 2.12 bits per heavy atom. The van der Waals surface area contributed by atoms with E-state index in [4.69, 9.17) is 0 Å². The van der Waals surface area contributed by atoms with Crippen LogP contribution in [0.25, 0.3) is 0 Å². The molecule has 0 radical (unpaired) electrons. The maximum atomic E-state index is 12.9. The molecule has 8 heteroatoms. The highest BCUT2D eigenvalue weighted by Crippen LogP contribution is 2.40. The molecule has 0 spiro atoms. The fraction of sp³-hybridized carbons (Fsp3) is 0.765. The summed E-state index contributed by atoms with van der Waals surface area (Å²) < 4.78 is 38.8. The van der Waals surface area contributed by atoms with Crippen LogP contribution in [-0.4, -0.2) is 41.6 Å². The van der Waals surface area contributed by atoms with Crippen LogP contribution in [0.4, 0.5) is 13.2 Å². The van der Waals surface area contributed by atoms with E-state index in [-0.39, 0.29) is 31.0 Å². The van der Waals surface area contributed by atoms with Gasteiger partial charge >= 0.3 is 6.18 Å². The predicted molar refractivity (Wildman–Crippen MR) is 90.4 cm³/mol. The molecule has 1 saturated carbocycles. The number of aromatic nitrogens is 1. The van der Waals surface area contributed by atoms with Crippen LogP contribution in [0.2, 0.25) is 0 Å². The Balaban J connectivity index is 1.62. The van der Waals surface area contributed by atoms with Gasteiger partial charge in [0.2, 0.25) is 5.91 Å². The molecule has 1 amide bonds. The molecule has 1 unspecified atom stereocenters. The molecule has 4 nitrogen and oxygen atoms in total. The number of carbonyl (C=O) groups excluding carboxylic acids is 1. The van der Waals surface area contributed by atoms with Crippen molar-refractivity contribution in [3.8, 4) is 0 Å². The third kappa shape index (κ3) is 4.16. The maximum absolute atomic E-state index is 12.9. The van der Waals surface area contributed by atoms with Crippen molar-refractivity contribution in [1.82, 2.24) is 15.2 Å². The van der Waals surface area contributed by atoms with Gasteiger partial charge in [0.05, 0.1) is 18.0 Å². The summed E-state index contributed by atoms with van der Waals surface area (Å²) in [7, 11) is 0. The van der Waals surface area contributed by atoms with Crippen molar-refractivity contribution < 1.29 is 18.0 Å². The number of aryl methyl sites for hydroxylation is 1. The highest BCUT2D eigenvalue weighted by molar-refractivity contribution is 7.09. The van der Waals surface area contributed by atoms with Crippen molar-refractivity contribution in [2.24, 2.45) is 5.92 Å². The lowest BCUT2D eigenvalue weighted by atomic mass is 9.96. The highest BCUT2D eigenvalue weighted by atomic mass is 32.1. The number of hydrogen-bond acceptors (Lipinski definition) is 4. The molecule has 1 aliphatic carbocycles. The summed E-state index contributed by atoms with van der Waals surface area (Å²) in [5.74, 6) is -1.64. The Bertz CT molecular complexity index is 611. The second kappa shape index (κ2) is 7.23. The molecular weight excluding hydrogens is 351 g/mol. The van der Waals surface area contributed by atoms with E-state index in [1.54, 1.807) is 11.3 Å². The van der Waals surface area contributed by atoms with Gasteiger partial charge in [0, 0.05) is 24.2 Å². The Kier molecular flexibility index (Phi) is 5.39. The quantitative estimate of drug-likeness (QED) is 0.874. The van der Waals surface area contributed by atoms with Crippen molar-refractivity contribution in [3.63, 3.8) is 0 Å². The van der Waals surface area contributed by atoms with Crippen molar-refractivity contribution in [2.75, 3.05) is 19.6 Å². The molecule has 1 atom stereocenters. The minimum Gasteiger partial charge on any atom is -0.341 e. The number of nitrogens with one attached hydrogen (secondary N) is 1. The van der Waals surface area contributed by atoms with Crippen molar-refractivity contribution in [2.45, 2.75) is 57.2 Å². The molecule has 1 aromatic heterocycles.